The van der Waals surface area contributed by atoms with Gasteiger partial charge in [-0.25, -0.2) is 0 Å². The van der Waals surface area contributed by atoms with Gasteiger partial charge in [0.2, 0.25) is 0 Å². The second-order valence-electron chi connectivity index (χ2n) is 5.78. The fourth-order valence-corrected chi connectivity index (χ4v) is 3.25. The number of carbonyl (C=O) groups excluding carboxylic acids is 1. The average molecular weight is 264 g/mol. The summed E-state index contributed by atoms with van der Waals surface area (Å²) in [6.45, 7) is 2.06. The van der Waals surface area contributed by atoms with Crippen LogP contribution in [-0.2, 0) is 14.3 Å². The minimum absolute atomic E-state index is 0.00814. The first-order chi connectivity index (χ1) is 9.05. The molecule has 0 unspecified atom stereocenters. The molecule has 2 heterocycles. The molecule has 3 aliphatic rings. The van der Waals surface area contributed by atoms with Gasteiger partial charge in [-0.2, -0.15) is 0 Å². The third kappa shape index (κ3) is 2.40. The lowest BCUT2D eigenvalue weighted by Gasteiger charge is -2.41. The molecule has 4 nitrogen and oxygen atoms in total. The SMILES string of the molecule is CC[C@@H]1C[C@@H](O)C[C@]2(CCC3(C=CC(=O)C=C3)O2)O1. The predicted octanol–water partition coefficient (Wildman–Crippen LogP) is 1.88. The zero-order chi connectivity index (χ0) is 13.5. The van der Waals surface area contributed by atoms with Crippen LogP contribution in [0.25, 0.3) is 0 Å². The molecule has 2 aliphatic heterocycles. The van der Waals surface area contributed by atoms with Crippen LogP contribution >= 0.6 is 0 Å². The van der Waals surface area contributed by atoms with Crippen molar-refractivity contribution in [2.45, 2.75) is 62.6 Å². The van der Waals surface area contributed by atoms with Crippen molar-refractivity contribution in [3.8, 4) is 0 Å². The first-order valence-electron chi connectivity index (χ1n) is 7.03. The largest absolute Gasteiger partial charge is 0.393 e. The molecule has 2 fully saturated rings. The van der Waals surface area contributed by atoms with Crippen molar-refractivity contribution >= 4 is 5.78 Å². The molecular weight excluding hydrogens is 244 g/mol. The minimum atomic E-state index is -0.687. The predicted molar refractivity (Wildman–Crippen MR) is 69.5 cm³/mol. The van der Waals surface area contributed by atoms with Gasteiger partial charge in [0.1, 0.15) is 5.60 Å². The van der Waals surface area contributed by atoms with E-state index in [0.29, 0.717) is 12.8 Å². The Bertz CT molecular complexity index is 423. The van der Waals surface area contributed by atoms with Gasteiger partial charge in [-0.3, -0.25) is 4.79 Å². The molecule has 19 heavy (non-hydrogen) atoms. The van der Waals surface area contributed by atoms with Crippen molar-refractivity contribution in [2.75, 3.05) is 0 Å². The maximum atomic E-state index is 11.2. The highest BCUT2D eigenvalue weighted by molar-refractivity contribution is 6.00. The van der Waals surface area contributed by atoms with Gasteiger partial charge in [-0.15, -0.1) is 0 Å². The van der Waals surface area contributed by atoms with Gasteiger partial charge < -0.3 is 14.6 Å². The molecule has 2 saturated heterocycles. The lowest BCUT2D eigenvalue weighted by atomic mass is 9.92. The Hall–Kier alpha value is -0.970. The highest BCUT2D eigenvalue weighted by Crippen LogP contribution is 2.47. The lowest BCUT2D eigenvalue weighted by Crippen LogP contribution is -2.47. The number of carbonyl (C=O) groups is 1. The summed E-state index contributed by atoms with van der Waals surface area (Å²) in [6, 6.07) is 0. The molecule has 1 N–H and O–H groups in total. The molecular formula is C15H20O4. The van der Waals surface area contributed by atoms with Crippen LogP contribution in [0, 0.1) is 0 Å². The molecule has 0 aromatic rings. The standard InChI is InChI=1S/C15H20O4/c1-2-13-9-12(17)10-15(18-13)8-7-14(19-15)5-3-11(16)4-6-14/h3-6,12-13,17H,2,7-10H2,1H3/t12-,13-,15-/m1/s1. The van der Waals surface area contributed by atoms with Crippen molar-refractivity contribution in [3.05, 3.63) is 24.3 Å². The van der Waals surface area contributed by atoms with Crippen molar-refractivity contribution in [1.82, 2.24) is 0 Å². The molecule has 0 saturated carbocycles. The van der Waals surface area contributed by atoms with Crippen LogP contribution in [0.5, 0.6) is 0 Å². The zero-order valence-corrected chi connectivity index (χ0v) is 11.2. The van der Waals surface area contributed by atoms with E-state index in [1.807, 2.05) is 12.2 Å². The maximum Gasteiger partial charge on any atom is 0.178 e. The number of ether oxygens (including phenoxy) is 2. The van der Waals surface area contributed by atoms with Crippen LogP contribution in [0.4, 0.5) is 0 Å². The van der Waals surface area contributed by atoms with Gasteiger partial charge in [-0.05, 0) is 43.6 Å². The van der Waals surface area contributed by atoms with Crippen LogP contribution in [0.3, 0.4) is 0 Å². The van der Waals surface area contributed by atoms with E-state index in [9.17, 15) is 9.90 Å². The van der Waals surface area contributed by atoms with Crippen molar-refractivity contribution in [2.24, 2.45) is 0 Å². The number of hydrogen-bond acceptors (Lipinski definition) is 4. The molecule has 0 aromatic carbocycles. The maximum absolute atomic E-state index is 11.2. The Balaban J connectivity index is 1.79. The average Bonchev–Trinajstić information content (AvgIpc) is 2.71. The summed E-state index contributed by atoms with van der Waals surface area (Å²) in [6.07, 6.45) is 10.0. The minimum Gasteiger partial charge on any atom is -0.393 e. The Morgan fingerprint density at radius 3 is 2.79 bits per heavy atom. The van der Waals surface area contributed by atoms with Crippen LogP contribution in [0.1, 0.15) is 39.0 Å². The Morgan fingerprint density at radius 2 is 2.11 bits per heavy atom. The first-order valence-corrected chi connectivity index (χ1v) is 7.03. The highest BCUT2D eigenvalue weighted by Gasteiger charge is 2.52. The summed E-state index contributed by atoms with van der Waals surface area (Å²) in [7, 11) is 0. The van der Waals surface area contributed by atoms with E-state index in [1.54, 1.807) is 12.2 Å². The fraction of sp³-hybridized carbons (Fsp3) is 0.667. The summed E-state index contributed by atoms with van der Waals surface area (Å²) in [5.41, 5.74) is -0.525. The summed E-state index contributed by atoms with van der Waals surface area (Å²) in [5.74, 6) is -0.695. The Morgan fingerprint density at radius 1 is 1.37 bits per heavy atom. The third-order valence-corrected chi connectivity index (χ3v) is 4.25. The molecule has 3 rings (SSSR count). The van der Waals surface area contributed by atoms with Crippen molar-refractivity contribution < 1.29 is 19.4 Å². The number of aliphatic hydroxyl groups is 1. The van der Waals surface area contributed by atoms with Gasteiger partial charge in [0, 0.05) is 12.8 Å². The molecule has 0 radical (unpaired) electrons. The van der Waals surface area contributed by atoms with Crippen LogP contribution in [0.2, 0.25) is 0 Å². The summed E-state index contributed by atoms with van der Waals surface area (Å²) >= 11 is 0. The molecule has 3 atom stereocenters. The zero-order valence-electron chi connectivity index (χ0n) is 11.2. The molecule has 2 spiro atoms. The normalized spacial score (nSPS) is 40.4. The van der Waals surface area contributed by atoms with E-state index < -0.39 is 11.4 Å². The summed E-state index contributed by atoms with van der Waals surface area (Å²) < 4.78 is 12.2. The van der Waals surface area contributed by atoms with E-state index in [1.165, 1.54) is 0 Å². The van der Waals surface area contributed by atoms with Gasteiger partial charge in [0.05, 0.1) is 12.2 Å². The molecule has 1 aliphatic carbocycles. The molecule has 104 valence electrons. The second-order valence-corrected chi connectivity index (χ2v) is 5.78. The number of ketones is 1. The van der Waals surface area contributed by atoms with Crippen molar-refractivity contribution in [3.63, 3.8) is 0 Å². The smallest absolute Gasteiger partial charge is 0.178 e. The van der Waals surface area contributed by atoms with E-state index in [0.717, 1.165) is 19.3 Å². The molecule has 0 bridgehead atoms. The monoisotopic (exact) mass is 264 g/mol. The molecule has 4 heteroatoms. The lowest BCUT2D eigenvalue weighted by molar-refractivity contribution is -0.291. The third-order valence-electron chi connectivity index (χ3n) is 4.25. The Kier molecular flexibility index (Phi) is 3.12. The van der Waals surface area contributed by atoms with Crippen LogP contribution < -0.4 is 0 Å². The van der Waals surface area contributed by atoms with E-state index in [2.05, 4.69) is 6.92 Å². The van der Waals surface area contributed by atoms with Crippen molar-refractivity contribution in [1.29, 1.82) is 0 Å². The second kappa shape index (κ2) is 4.54. The summed E-state index contributed by atoms with van der Waals surface area (Å²) in [5, 5.41) is 10.0. The van der Waals surface area contributed by atoms with Crippen LogP contribution in [0.15, 0.2) is 24.3 Å². The topological polar surface area (TPSA) is 55.8 Å². The number of aliphatic hydroxyl groups excluding tert-OH is 1. The van der Waals surface area contributed by atoms with Gasteiger partial charge in [-0.1, -0.05) is 6.92 Å². The number of hydrogen-bond donors (Lipinski definition) is 1. The summed E-state index contributed by atoms with van der Waals surface area (Å²) in [4.78, 5) is 11.2. The van der Waals surface area contributed by atoms with Gasteiger partial charge >= 0.3 is 0 Å². The molecule has 0 amide bonds. The van der Waals surface area contributed by atoms with E-state index in [4.69, 9.17) is 9.47 Å². The Labute approximate surface area is 113 Å². The molecule has 0 aromatic heterocycles. The van der Waals surface area contributed by atoms with Gasteiger partial charge in [0.25, 0.3) is 0 Å². The van der Waals surface area contributed by atoms with Crippen LogP contribution in [-0.4, -0.2) is 34.5 Å². The fourth-order valence-electron chi connectivity index (χ4n) is 3.25. The quantitative estimate of drug-likeness (QED) is 0.785. The highest BCUT2D eigenvalue weighted by atomic mass is 16.7. The first kappa shape index (κ1) is 13.0. The van der Waals surface area contributed by atoms with Gasteiger partial charge in [0.15, 0.2) is 11.6 Å². The number of rotatable bonds is 1. The number of allylic oxidation sites excluding steroid dienone is 2. The van der Waals surface area contributed by atoms with E-state index >= 15 is 0 Å². The van der Waals surface area contributed by atoms with E-state index in [-0.39, 0.29) is 18.0 Å².